The van der Waals surface area contributed by atoms with Crippen LogP contribution in [0.4, 0.5) is 5.82 Å². The Bertz CT molecular complexity index is 540. The third kappa shape index (κ3) is 2.97. The Morgan fingerprint density at radius 2 is 2.11 bits per heavy atom. The van der Waals surface area contributed by atoms with Gasteiger partial charge < -0.3 is 10.8 Å². The summed E-state index contributed by atoms with van der Waals surface area (Å²) in [5, 5.41) is 10.4. The molecule has 0 amide bonds. The van der Waals surface area contributed by atoms with Crippen molar-refractivity contribution in [2.24, 2.45) is 0 Å². The normalized spacial score (nSPS) is 13.1. The molecular weight excluding hydrogens is 226 g/mol. The topological polar surface area (TPSA) is 62.4 Å². The number of benzene rings is 1. The number of para-hydroxylation sites is 1. The third-order valence-corrected chi connectivity index (χ3v) is 2.85. The highest BCUT2D eigenvalue weighted by Gasteiger charge is 2.08. The van der Waals surface area contributed by atoms with E-state index in [0.717, 1.165) is 16.5 Å². The van der Waals surface area contributed by atoms with Crippen LogP contribution in [0.2, 0.25) is 0 Å². The Morgan fingerprint density at radius 3 is 2.83 bits per heavy atom. The molecule has 1 aromatic carbocycles. The van der Waals surface area contributed by atoms with Crippen LogP contribution in [0, 0.1) is 0 Å². The molecule has 0 saturated heterocycles. The van der Waals surface area contributed by atoms with E-state index in [1.165, 1.54) is 0 Å². The molecule has 96 valence electrons. The summed E-state index contributed by atoms with van der Waals surface area (Å²) in [6.07, 6.45) is -0.343. The lowest BCUT2D eigenvalue weighted by atomic mass is 10.1. The number of hydrogen-bond donors (Lipinski definition) is 2. The predicted octanol–water partition coefficient (Wildman–Crippen LogP) is 1.63. The molecule has 0 aliphatic carbocycles. The van der Waals surface area contributed by atoms with E-state index in [-0.39, 0.29) is 6.10 Å². The van der Waals surface area contributed by atoms with E-state index >= 15 is 0 Å². The molecule has 2 rings (SSSR count). The summed E-state index contributed by atoms with van der Waals surface area (Å²) in [6.45, 7) is 3.08. The highest BCUT2D eigenvalue weighted by molar-refractivity contribution is 5.81. The number of rotatable bonds is 4. The van der Waals surface area contributed by atoms with Crippen LogP contribution in [0.25, 0.3) is 10.9 Å². The standard InChI is InChI=1S/C14H19N3O/c1-10(18)8-17(2)9-12-7-11-5-3-4-6-13(11)16-14(12)15/h3-7,10,18H,8-9H2,1-2H3,(H2,15,16). The first-order valence-corrected chi connectivity index (χ1v) is 6.07. The van der Waals surface area contributed by atoms with Gasteiger partial charge in [-0.15, -0.1) is 0 Å². The first-order valence-electron chi connectivity index (χ1n) is 6.07. The number of aromatic nitrogens is 1. The molecule has 1 heterocycles. The Labute approximate surface area is 107 Å². The van der Waals surface area contributed by atoms with E-state index in [1.54, 1.807) is 6.92 Å². The second kappa shape index (κ2) is 5.33. The number of hydrogen-bond acceptors (Lipinski definition) is 4. The van der Waals surface area contributed by atoms with E-state index < -0.39 is 0 Å². The van der Waals surface area contributed by atoms with Crippen LogP contribution >= 0.6 is 0 Å². The molecule has 4 heteroatoms. The zero-order chi connectivity index (χ0) is 13.1. The van der Waals surface area contributed by atoms with Crippen LogP contribution in [0.15, 0.2) is 30.3 Å². The number of aliphatic hydroxyl groups excluding tert-OH is 1. The van der Waals surface area contributed by atoms with Crippen molar-refractivity contribution in [1.82, 2.24) is 9.88 Å². The van der Waals surface area contributed by atoms with Crippen molar-refractivity contribution in [3.63, 3.8) is 0 Å². The number of anilines is 1. The van der Waals surface area contributed by atoms with Crippen molar-refractivity contribution in [1.29, 1.82) is 0 Å². The highest BCUT2D eigenvalue weighted by atomic mass is 16.3. The molecule has 18 heavy (non-hydrogen) atoms. The van der Waals surface area contributed by atoms with Gasteiger partial charge in [-0.3, -0.25) is 4.90 Å². The lowest BCUT2D eigenvalue weighted by Gasteiger charge is -2.19. The van der Waals surface area contributed by atoms with Crippen LogP contribution in [0.1, 0.15) is 12.5 Å². The van der Waals surface area contributed by atoms with Crippen LogP contribution in [-0.4, -0.2) is 34.7 Å². The second-order valence-electron chi connectivity index (χ2n) is 4.77. The van der Waals surface area contributed by atoms with Gasteiger partial charge in [-0.2, -0.15) is 0 Å². The van der Waals surface area contributed by atoms with Crippen LogP contribution in [0.3, 0.4) is 0 Å². The molecule has 1 unspecified atom stereocenters. The fraction of sp³-hybridized carbons (Fsp3) is 0.357. The number of likely N-dealkylation sites (N-methyl/N-ethyl adjacent to an activating group) is 1. The fourth-order valence-electron chi connectivity index (χ4n) is 2.11. The van der Waals surface area contributed by atoms with E-state index in [2.05, 4.69) is 11.1 Å². The van der Waals surface area contributed by atoms with Gasteiger partial charge in [0.15, 0.2) is 0 Å². The maximum Gasteiger partial charge on any atom is 0.128 e. The molecule has 2 aromatic rings. The summed E-state index contributed by atoms with van der Waals surface area (Å²) in [7, 11) is 1.96. The number of aliphatic hydroxyl groups is 1. The van der Waals surface area contributed by atoms with Crippen molar-refractivity contribution in [2.75, 3.05) is 19.3 Å². The summed E-state index contributed by atoms with van der Waals surface area (Å²) in [4.78, 5) is 6.43. The molecule has 0 aliphatic heterocycles. The van der Waals surface area contributed by atoms with E-state index in [4.69, 9.17) is 5.73 Å². The van der Waals surface area contributed by atoms with Gasteiger partial charge in [0.25, 0.3) is 0 Å². The average Bonchev–Trinajstić information content (AvgIpc) is 2.29. The van der Waals surface area contributed by atoms with E-state index in [9.17, 15) is 5.11 Å². The SMILES string of the molecule is CC(O)CN(C)Cc1cc2ccccc2nc1N. The minimum atomic E-state index is -0.343. The Hall–Kier alpha value is -1.65. The van der Waals surface area contributed by atoms with Crippen LogP contribution in [0.5, 0.6) is 0 Å². The molecule has 0 bridgehead atoms. The first kappa shape index (κ1) is 12.8. The Kier molecular flexibility index (Phi) is 3.79. The highest BCUT2D eigenvalue weighted by Crippen LogP contribution is 2.19. The summed E-state index contributed by atoms with van der Waals surface area (Å²) >= 11 is 0. The zero-order valence-electron chi connectivity index (χ0n) is 10.8. The number of nitrogen functional groups attached to an aromatic ring is 1. The van der Waals surface area contributed by atoms with Crippen molar-refractivity contribution < 1.29 is 5.11 Å². The van der Waals surface area contributed by atoms with Crippen molar-refractivity contribution >= 4 is 16.7 Å². The predicted molar refractivity (Wildman–Crippen MR) is 74.2 cm³/mol. The quantitative estimate of drug-likeness (QED) is 0.859. The summed E-state index contributed by atoms with van der Waals surface area (Å²) in [5.74, 6) is 0.561. The van der Waals surface area contributed by atoms with Gasteiger partial charge in [0.2, 0.25) is 0 Å². The largest absolute Gasteiger partial charge is 0.392 e. The molecule has 1 aromatic heterocycles. The van der Waals surface area contributed by atoms with Crippen LogP contribution < -0.4 is 5.73 Å². The molecule has 0 fully saturated rings. The lowest BCUT2D eigenvalue weighted by molar-refractivity contribution is 0.138. The van der Waals surface area contributed by atoms with Gasteiger partial charge in [-0.25, -0.2) is 4.98 Å². The van der Waals surface area contributed by atoms with E-state index in [1.807, 2.05) is 36.2 Å². The van der Waals surface area contributed by atoms with Crippen molar-refractivity contribution in [3.8, 4) is 0 Å². The molecule has 0 spiro atoms. The van der Waals surface area contributed by atoms with Gasteiger partial charge in [0, 0.05) is 24.0 Å². The third-order valence-electron chi connectivity index (χ3n) is 2.85. The molecule has 3 N–H and O–H groups in total. The average molecular weight is 245 g/mol. The number of nitrogens with zero attached hydrogens (tertiary/aromatic N) is 2. The van der Waals surface area contributed by atoms with Crippen molar-refractivity contribution in [2.45, 2.75) is 19.6 Å². The minimum absolute atomic E-state index is 0.343. The molecular formula is C14H19N3O. The Morgan fingerprint density at radius 1 is 1.39 bits per heavy atom. The second-order valence-corrected chi connectivity index (χ2v) is 4.77. The van der Waals surface area contributed by atoms with Gasteiger partial charge in [0.1, 0.15) is 5.82 Å². The van der Waals surface area contributed by atoms with Gasteiger partial charge >= 0.3 is 0 Å². The summed E-state index contributed by atoms with van der Waals surface area (Å²) < 4.78 is 0. The number of fused-ring (bicyclic) bond motifs is 1. The van der Waals surface area contributed by atoms with Gasteiger partial charge in [0.05, 0.1) is 11.6 Å². The van der Waals surface area contributed by atoms with E-state index in [0.29, 0.717) is 18.9 Å². The maximum absolute atomic E-state index is 9.35. The number of nitrogens with two attached hydrogens (primary N) is 1. The molecule has 4 nitrogen and oxygen atoms in total. The van der Waals surface area contributed by atoms with Crippen molar-refractivity contribution in [3.05, 3.63) is 35.9 Å². The molecule has 0 aliphatic rings. The smallest absolute Gasteiger partial charge is 0.128 e. The van der Waals surface area contributed by atoms with Gasteiger partial charge in [-0.1, -0.05) is 18.2 Å². The van der Waals surface area contributed by atoms with Gasteiger partial charge in [-0.05, 0) is 26.1 Å². The maximum atomic E-state index is 9.35. The Balaban J connectivity index is 2.25. The zero-order valence-corrected chi connectivity index (χ0v) is 10.8. The summed E-state index contributed by atoms with van der Waals surface area (Å²) in [5.41, 5.74) is 7.88. The molecule has 1 atom stereocenters. The number of pyridine rings is 1. The lowest BCUT2D eigenvalue weighted by Crippen LogP contribution is -2.27. The molecule has 0 saturated carbocycles. The molecule has 0 radical (unpaired) electrons. The van der Waals surface area contributed by atoms with Crippen LogP contribution in [-0.2, 0) is 6.54 Å². The monoisotopic (exact) mass is 245 g/mol. The fourth-order valence-corrected chi connectivity index (χ4v) is 2.11. The summed E-state index contributed by atoms with van der Waals surface area (Å²) in [6, 6.07) is 9.99. The minimum Gasteiger partial charge on any atom is -0.392 e. The first-order chi connectivity index (χ1) is 8.56.